The molecule has 1 aromatic rings. The minimum absolute atomic E-state index is 0.148. The van der Waals surface area contributed by atoms with Crippen molar-refractivity contribution in [3.63, 3.8) is 0 Å². The van der Waals surface area contributed by atoms with Crippen LogP contribution >= 0.6 is 0 Å². The fourth-order valence-corrected chi connectivity index (χ4v) is 3.08. The molecule has 1 unspecified atom stereocenters. The monoisotopic (exact) mass is 346 g/mol. The van der Waals surface area contributed by atoms with Gasteiger partial charge in [0.15, 0.2) is 0 Å². The summed E-state index contributed by atoms with van der Waals surface area (Å²) < 4.78 is 0. The van der Waals surface area contributed by atoms with Gasteiger partial charge in [-0.15, -0.1) is 0 Å². The number of carbonyl (C=O) groups is 2. The van der Waals surface area contributed by atoms with Crippen LogP contribution in [-0.2, 0) is 16.1 Å². The van der Waals surface area contributed by atoms with Crippen LogP contribution in [0.25, 0.3) is 0 Å². The Kier molecular flexibility index (Phi) is 6.56. The van der Waals surface area contributed by atoms with Crippen molar-refractivity contribution in [2.75, 3.05) is 31.5 Å². The van der Waals surface area contributed by atoms with Gasteiger partial charge < -0.3 is 16.0 Å². The molecule has 1 aromatic carbocycles. The number of nitrogens with zero attached hydrogens (tertiary/aromatic N) is 2. The second kappa shape index (κ2) is 8.45. The molecule has 1 atom stereocenters. The molecule has 6 nitrogen and oxygen atoms in total. The first kappa shape index (κ1) is 19.4. The van der Waals surface area contributed by atoms with Crippen molar-refractivity contribution >= 4 is 17.5 Å². The van der Waals surface area contributed by atoms with E-state index in [0.717, 1.165) is 44.8 Å². The number of nitrogens with two attached hydrogens (primary N) is 1. The molecule has 0 bridgehead atoms. The number of anilines is 1. The summed E-state index contributed by atoms with van der Waals surface area (Å²) in [4.78, 5) is 27.8. The lowest BCUT2D eigenvalue weighted by Gasteiger charge is -2.34. The Hall–Kier alpha value is -1.92. The molecule has 1 heterocycles. The lowest BCUT2D eigenvalue weighted by molar-refractivity contribution is -0.130. The Morgan fingerprint density at radius 3 is 2.28 bits per heavy atom. The van der Waals surface area contributed by atoms with E-state index in [4.69, 9.17) is 5.73 Å². The number of piperazine rings is 1. The predicted molar refractivity (Wildman–Crippen MR) is 100 cm³/mol. The molecule has 2 amide bonds. The van der Waals surface area contributed by atoms with Gasteiger partial charge in [-0.1, -0.05) is 25.5 Å². The molecular weight excluding hydrogens is 316 g/mol. The molecule has 1 aliphatic heterocycles. The molecule has 0 saturated carbocycles. The van der Waals surface area contributed by atoms with Gasteiger partial charge in [-0.25, -0.2) is 0 Å². The molecule has 25 heavy (non-hydrogen) atoms. The highest BCUT2D eigenvalue weighted by molar-refractivity contribution is 5.97. The van der Waals surface area contributed by atoms with E-state index in [0.29, 0.717) is 6.42 Å². The summed E-state index contributed by atoms with van der Waals surface area (Å²) in [7, 11) is 0. The van der Waals surface area contributed by atoms with Gasteiger partial charge in [0, 0.05) is 45.3 Å². The highest BCUT2D eigenvalue weighted by Crippen LogP contribution is 2.16. The smallest absolute Gasteiger partial charge is 0.244 e. The number of rotatable bonds is 6. The van der Waals surface area contributed by atoms with Crippen LogP contribution in [0.5, 0.6) is 0 Å². The number of hydrogen-bond acceptors (Lipinski definition) is 4. The minimum atomic E-state index is -0.843. The Bertz CT molecular complexity index is 590. The molecule has 1 saturated heterocycles. The van der Waals surface area contributed by atoms with Crippen molar-refractivity contribution < 1.29 is 9.59 Å². The topological polar surface area (TPSA) is 78.7 Å². The maximum Gasteiger partial charge on any atom is 0.244 e. The third kappa shape index (κ3) is 5.54. The van der Waals surface area contributed by atoms with Crippen LogP contribution in [0.15, 0.2) is 24.3 Å². The third-order valence-corrected chi connectivity index (χ3v) is 4.72. The van der Waals surface area contributed by atoms with E-state index in [9.17, 15) is 9.59 Å². The van der Waals surface area contributed by atoms with Crippen LogP contribution < -0.4 is 11.1 Å². The number of amides is 2. The average Bonchev–Trinajstić information content (AvgIpc) is 2.57. The van der Waals surface area contributed by atoms with Crippen LogP contribution in [0.2, 0.25) is 0 Å². The van der Waals surface area contributed by atoms with E-state index < -0.39 is 5.54 Å². The highest BCUT2D eigenvalue weighted by Gasteiger charge is 2.27. The lowest BCUT2D eigenvalue weighted by Crippen LogP contribution is -2.48. The van der Waals surface area contributed by atoms with Crippen molar-refractivity contribution in [3.8, 4) is 0 Å². The van der Waals surface area contributed by atoms with E-state index in [1.165, 1.54) is 5.56 Å². The van der Waals surface area contributed by atoms with Crippen LogP contribution in [-0.4, -0.2) is 53.3 Å². The van der Waals surface area contributed by atoms with E-state index in [-0.39, 0.29) is 11.8 Å². The summed E-state index contributed by atoms with van der Waals surface area (Å²) >= 11 is 0. The molecule has 0 aliphatic carbocycles. The molecule has 3 N–H and O–H groups in total. The zero-order chi connectivity index (χ0) is 18.4. The van der Waals surface area contributed by atoms with E-state index in [1.807, 2.05) is 36.1 Å². The molecule has 0 spiro atoms. The van der Waals surface area contributed by atoms with Gasteiger partial charge in [0.25, 0.3) is 0 Å². The Labute approximate surface area is 150 Å². The van der Waals surface area contributed by atoms with Crippen molar-refractivity contribution in [1.82, 2.24) is 9.80 Å². The minimum Gasteiger partial charge on any atom is -0.340 e. The van der Waals surface area contributed by atoms with Crippen molar-refractivity contribution in [2.45, 2.75) is 45.7 Å². The fraction of sp³-hybridized carbons (Fsp3) is 0.579. The molecule has 138 valence electrons. The molecular formula is C19H30N4O2. The van der Waals surface area contributed by atoms with Crippen molar-refractivity contribution in [1.29, 1.82) is 0 Å². The highest BCUT2D eigenvalue weighted by atomic mass is 16.2. The van der Waals surface area contributed by atoms with E-state index in [1.54, 1.807) is 13.8 Å². The van der Waals surface area contributed by atoms with Crippen molar-refractivity contribution in [3.05, 3.63) is 29.8 Å². The maximum atomic E-state index is 12.2. The van der Waals surface area contributed by atoms with E-state index >= 15 is 0 Å². The predicted octanol–water partition coefficient (Wildman–Crippen LogP) is 1.81. The van der Waals surface area contributed by atoms with E-state index in [2.05, 4.69) is 10.2 Å². The second-order valence-corrected chi connectivity index (χ2v) is 7.10. The third-order valence-electron chi connectivity index (χ3n) is 4.72. The van der Waals surface area contributed by atoms with Gasteiger partial charge in [-0.2, -0.15) is 0 Å². The summed E-state index contributed by atoms with van der Waals surface area (Å²) in [6, 6.07) is 7.89. The first-order valence-corrected chi connectivity index (χ1v) is 8.99. The first-order valence-electron chi connectivity index (χ1n) is 8.99. The Balaban J connectivity index is 1.86. The van der Waals surface area contributed by atoms with Gasteiger partial charge in [0.1, 0.15) is 0 Å². The molecule has 2 rings (SSSR count). The molecule has 6 heteroatoms. The second-order valence-electron chi connectivity index (χ2n) is 7.10. The summed E-state index contributed by atoms with van der Waals surface area (Å²) in [5.41, 5.74) is 7.17. The molecule has 0 radical (unpaired) electrons. The summed E-state index contributed by atoms with van der Waals surface area (Å²) in [6.45, 7) is 9.61. The number of benzene rings is 1. The maximum absolute atomic E-state index is 12.2. The largest absolute Gasteiger partial charge is 0.340 e. The summed E-state index contributed by atoms with van der Waals surface area (Å²) in [6.07, 6.45) is 1.53. The van der Waals surface area contributed by atoms with Gasteiger partial charge >= 0.3 is 0 Å². The molecule has 1 fully saturated rings. The van der Waals surface area contributed by atoms with Crippen molar-refractivity contribution in [2.24, 2.45) is 5.73 Å². The molecule has 1 aliphatic rings. The zero-order valence-corrected chi connectivity index (χ0v) is 15.5. The normalized spacial score (nSPS) is 17.8. The van der Waals surface area contributed by atoms with Crippen LogP contribution in [0, 0.1) is 0 Å². The standard InChI is InChI=1S/C19H30N4O2/c1-4-9-19(3,20)18(25)21-17-7-5-16(6-8-17)14-22-10-12-23(13-11-22)15(2)24/h5-8H,4,9-14,20H2,1-3H3,(H,21,25). The first-order chi connectivity index (χ1) is 11.8. The quantitative estimate of drug-likeness (QED) is 0.823. The number of nitrogens with one attached hydrogen (secondary N) is 1. The summed E-state index contributed by atoms with van der Waals surface area (Å²) in [5.74, 6) is -0.00261. The lowest BCUT2D eigenvalue weighted by atomic mass is 9.96. The van der Waals surface area contributed by atoms with Gasteiger partial charge in [0.2, 0.25) is 11.8 Å². The fourth-order valence-electron chi connectivity index (χ4n) is 3.08. The van der Waals surface area contributed by atoms with Gasteiger partial charge in [0.05, 0.1) is 5.54 Å². The Morgan fingerprint density at radius 1 is 1.16 bits per heavy atom. The van der Waals surface area contributed by atoms with Crippen LogP contribution in [0.1, 0.15) is 39.2 Å². The number of hydrogen-bond donors (Lipinski definition) is 2. The van der Waals surface area contributed by atoms with Gasteiger partial charge in [-0.05, 0) is 31.0 Å². The zero-order valence-electron chi connectivity index (χ0n) is 15.5. The SMILES string of the molecule is CCCC(C)(N)C(=O)Nc1ccc(CN2CCN(C(C)=O)CC2)cc1. The van der Waals surface area contributed by atoms with Gasteiger partial charge in [-0.3, -0.25) is 14.5 Å². The van der Waals surface area contributed by atoms with Crippen LogP contribution in [0.4, 0.5) is 5.69 Å². The average molecular weight is 346 g/mol. The summed E-state index contributed by atoms with van der Waals surface area (Å²) in [5, 5.41) is 2.89. The van der Waals surface area contributed by atoms with Crippen LogP contribution in [0.3, 0.4) is 0 Å². The Morgan fingerprint density at radius 2 is 1.76 bits per heavy atom. The molecule has 0 aromatic heterocycles. The number of carbonyl (C=O) groups excluding carboxylic acids is 2.